The second kappa shape index (κ2) is 9.26. The van der Waals surface area contributed by atoms with Crippen LogP contribution >= 0.6 is 0 Å². The zero-order valence-corrected chi connectivity index (χ0v) is 18.3. The van der Waals surface area contributed by atoms with Crippen molar-refractivity contribution < 1.29 is 4.74 Å². The fourth-order valence-electron chi connectivity index (χ4n) is 4.36. The molecule has 0 spiro atoms. The molecule has 164 valence electrons. The third kappa shape index (κ3) is 4.41. The maximum Gasteiger partial charge on any atom is 0.269 e. The number of hydrogen-bond acceptors (Lipinski definition) is 7. The van der Waals surface area contributed by atoms with Crippen molar-refractivity contribution in [2.45, 2.75) is 50.6 Å². The Morgan fingerprint density at radius 1 is 1.23 bits per heavy atom. The summed E-state index contributed by atoms with van der Waals surface area (Å²) in [5.74, 6) is 2.71. The number of likely N-dealkylation sites (tertiary alicyclic amines) is 1. The Morgan fingerprint density at radius 3 is 2.77 bits per heavy atom. The maximum absolute atomic E-state index is 12.8. The molecule has 0 radical (unpaired) electrons. The van der Waals surface area contributed by atoms with Crippen LogP contribution in [0.5, 0.6) is 0 Å². The lowest BCUT2D eigenvalue weighted by Crippen LogP contribution is -2.40. The lowest BCUT2D eigenvalue weighted by Gasteiger charge is -2.32. The first-order valence-corrected chi connectivity index (χ1v) is 11.0. The standard InChI is InChI=1S/C21H33N7O2/c1-25(10-11-30-3)18-12-20(29)28(22-13-18)17-8-5-9-27(14-17)15-19-23-24-21(26(19)2)16-6-4-7-16/h12-13,16-17H,4-11,14-15H2,1-3H3/t17-/m1/s1. The first-order valence-electron chi connectivity index (χ1n) is 11.0. The van der Waals surface area contributed by atoms with Crippen molar-refractivity contribution in [3.8, 4) is 0 Å². The number of aromatic nitrogens is 5. The Morgan fingerprint density at radius 2 is 2.07 bits per heavy atom. The average Bonchev–Trinajstić information content (AvgIpc) is 3.05. The highest BCUT2D eigenvalue weighted by atomic mass is 16.5. The van der Waals surface area contributed by atoms with E-state index in [1.165, 1.54) is 19.3 Å². The van der Waals surface area contributed by atoms with Gasteiger partial charge in [0.25, 0.3) is 5.56 Å². The highest BCUT2D eigenvalue weighted by Gasteiger charge is 2.27. The molecule has 0 bridgehead atoms. The molecule has 9 nitrogen and oxygen atoms in total. The van der Waals surface area contributed by atoms with E-state index in [4.69, 9.17) is 4.74 Å². The van der Waals surface area contributed by atoms with Crippen molar-refractivity contribution in [3.05, 3.63) is 34.3 Å². The first-order chi connectivity index (χ1) is 14.6. The second-order valence-corrected chi connectivity index (χ2v) is 8.60. The van der Waals surface area contributed by atoms with Crippen LogP contribution in [0.3, 0.4) is 0 Å². The molecule has 0 amide bonds. The molecule has 30 heavy (non-hydrogen) atoms. The molecule has 4 rings (SSSR count). The average molecular weight is 416 g/mol. The number of piperidine rings is 1. The minimum atomic E-state index is -0.0467. The number of nitrogens with zero attached hydrogens (tertiary/aromatic N) is 7. The molecule has 0 unspecified atom stereocenters. The Labute approximate surface area is 177 Å². The largest absolute Gasteiger partial charge is 0.383 e. The van der Waals surface area contributed by atoms with Crippen molar-refractivity contribution >= 4 is 5.69 Å². The predicted octanol–water partition coefficient (Wildman–Crippen LogP) is 1.56. The van der Waals surface area contributed by atoms with Crippen LogP contribution in [0.4, 0.5) is 5.69 Å². The Balaban J connectivity index is 1.41. The van der Waals surface area contributed by atoms with E-state index in [9.17, 15) is 4.79 Å². The van der Waals surface area contributed by atoms with Crippen LogP contribution in [0.1, 0.15) is 55.7 Å². The van der Waals surface area contributed by atoms with Crippen molar-refractivity contribution in [3.63, 3.8) is 0 Å². The zero-order chi connectivity index (χ0) is 21.1. The van der Waals surface area contributed by atoms with Crippen LogP contribution in [0.25, 0.3) is 0 Å². The van der Waals surface area contributed by atoms with Crippen LogP contribution in [0, 0.1) is 0 Å². The zero-order valence-electron chi connectivity index (χ0n) is 18.3. The fourth-order valence-corrected chi connectivity index (χ4v) is 4.36. The lowest BCUT2D eigenvalue weighted by atomic mass is 9.85. The molecule has 1 atom stereocenters. The number of anilines is 1. The molecule has 2 fully saturated rings. The van der Waals surface area contributed by atoms with Gasteiger partial charge in [0.2, 0.25) is 0 Å². The summed E-state index contributed by atoms with van der Waals surface area (Å²) in [5, 5.41) is 13.4. The summed E-state index contributed by atoms with van der Waals surface area (Å²) in [6, 6.07) is 1.76. The number of likely N-dealkylation sites (N-methyl/N-ethyl adjacent to an activating group) is 1. The minimum Gasteiger partial charge on any atom is -0.383 e. The maximum atomic E-state index is 12.8. The van der Waals surface area contributed by atoms with E-state index < -0.39 is 0 Å². The molecule has 9 heteroatoms. The van der Waals surface area contributed by atoms with Crippen LogP contribution in [0.2, 0.25) is 0 Å². The van der Waals surface area contributed by atoms with Gasteiger partial charge in [-0.2, -0.15) is 5.10 Å². The van der Waals surface area contributed by atoms with Gasteiger partial charge >= 0.3 is 0 Å². The summed E-state index contributed by atoms with van der Waals surface area (Å²) < 4.78 is 8.93. The molecule has 0 aromatic carbocycles. The van der Waals surface area contributed by atoms with E-state index >= 15 is 0 Å². The van der Waals surface area contributed by atoms with E-state index in [1.54, 1.807) is 24.1 Å². The third-order valence-electron chi connectivity index (χ3n) is 6.54. The summed E-state index contributed by atoms with van der Waals surface area (Å²) in [7, 11) is 5.70. The molecule has 1 saturated heterocycles. The quantitative estimate of drug-likeness (QED) is 0.647. The number of hydrogen-bond donors (Lipinski definition) is 0. The molecule has 1 saturated carbocycles. The van der Waals surface area contributed by atoms with E-state index in [0.29, 0.717) is 12.5 Å². The number of methoxy groups -OCH3 is 1. The van der Waals surface area contributed by atoms with E-state index in [-0.39, 0.29) is 11.6 Å². The molecular formula is C21H33N7O2. The molecule has 2 aromatic rings. The number of rotatable bonds is 8. The molecule has 1 aliphatic heterocycles. The Kier molecular flexibility index (Phi) is 6.48. The Hall–Kier alpha value is -2.26. The third-order valence-corrected chi connectivity index (χ3v) is 6.54. The van der Waals surface area contributed by atoms with Crippen LogP contribution in [0.15, 0.2) is 17.1 Å². The highest BCUT2D eigenvalue weighted by Crippen LogP contribution is 2.35. The van der Waals surface area contributed by atoms with Crippen LogP contribution in [-0.2, 0) is 18.3 Å². The van der Waals surface area contributed by atoms with Gasteiger partial charge in [-0.25, -0.2) is 4.68 Å². The van der Waals surface area contributed by atoms with E-state index in [0.717, 1.165) is 56.4 Å². The summed E-state index contributed by atoms with van der Waals surface area (Å²) in [5.41, 5.74) is 0.776. The highest BCUT2D eigenvalue weighted by molar-refractivity contribution is 5.41. The molecular weight excluding hydrogens is 382 g/mol. The summed E-state index contributed by atoms with van der Waals surface area (Å²) in [6.45, 7) is 3.91. The van der Waals surface area contributed by atoms with Gasteiger partial charge in [-0.15, -0.1) is 10.2 Å². The van der Waals surface area contributed by atoms with Gasteiger partial charge in [0.05, 0.1) is 31.1 Å². The Bertz CT molecular complexity index is 905. The van der Waals surface area contributed by atoms with Gasteiger partial charge < -0.3 is 14.2 Å². The summed E-state index contributed by atoms with van der Waals surface area (Å²) in [6.07, 6.45) is 7.54. The van der Waals surface area contributed by atoms with E-state index in [1.807, 2.05) is 11.9 Å². The monoisotopic (exact) mass is 415 g/mol. The smallest absolute Gasteiger partial charge is 0.269 e. The van der Waals surface area contributed by atoms with Gasteiger partial charge in [-0.3, -0.25) is 9.69 Å². The van der Waals surface area contributed by atoms with Crippen LogP contribution < -0.4 is 10.5 Å². The lowest BCUT2D eigenvalue weighted by molar-refractivity contribution is 0.155. The van der Waals surface area contributed by atoms with Gasteiger partial charge in [-0.05, 0) is 32.2 Å². The molecule has 3 heterocycles. The molecule has 0 N–H and O–H groups in total. The molecule has 2 aromatic heterocycles. The second-order valence-electron chi connectivity index (χ2n) is 8.60. The molecule has 1 aliphatic carbocycles. The number of ether oxygens (including phenoxy) is 1. The van der Waals surface area contributed by atoms with Gasteiger partial charge in [0.1, 0.15) is 11.6 Å². The predicted molar refractivity (Wildman–Crippen MR) is 115 cm³/mol. The van der Waals surface area contributed by atoms with Crippen molar-refractivity contribution in [2.24, 2.45) is 7.05 Å². The van der Waals surface area contributed by atoms with Crippen molar-refractivity contribution in [1.82, 2.24) is 29.4 Å². The first kappa shape index (κ1) is 21.0. The van der Waals surface area contributed by atoms with Gasteiger partial charge in [0, 0.05) is 46.3 Å². The summed E-state index contributed by atoms with van der Waals surface area (Å²) >= 11 is 0. The summed E-state index contributed by atoms with van der Waals surface area (Å²) in [4.78, 5) is 17.1. The van der Waals surface area contributed by atoms with E-state index in [2.05, 4.69) is 31.8 Å². The normalized spacial score (nSPS) is 20.3. The topological polar surface area (TPSA) is 81.3 Å². The molecule has 2 aliphatic rings. The van der Waals surface area contributed by atoms with Crippen LogP contribution in [-0.4, -0.2) is 69.8 Å². The van der Waals surface area contributed by atoms with Gasteiger partial charge in [0.15, 0.2) is 0 Å². The van der Waals surface area contributed by atoms with Gasteiger partial charge in [-0.1, -0.05) is 6.42 Å². The SMILES string of the molecule is COCCN(C)c1cnn([C@@H]2CCCN(Cc3nnc(C4CCC4)n3C)C2)c(=O)c1. The van der Waals surface area contributed by atoms with Crippen molar-refractivity contribution in [2.75, 3.05) is 45.3 Å². The minimum absolute atomic E-state index is 0.0467. The van der Waals surface area contributed by atoms with Crippen molar-refractivity contribution in [1.29, 1.82) is 0 Å². The fraction of sp³-hybridized carbons (Fsp3) is 0.714.